The molecule has 0 radical (unpaired) electrons. The van der Waals surface area contributed by atoms with E-state index in [1.54, 1.807) is 0 Å². The van der Waals surface area contributed by atoms with Gasteiger partial charge in [-0.3, -0.25) is 0 Å². The minimum atomic E-state index is -0.129. The largest absolute Gasteiger partial charge is 0.424 e. The van der Waals surface area contributed by atoms with Crippen LogP contribution in [0.4, 0.5) is 17.5 Å². The van der Waals surface area contributed by atoms with Gasteiger partial charge in [-0.15, -0.1) is 0 Å². The quantitative estimate of drug-likeness (QED) is 0.532. The van der Waals surface area contributed by atoms with Crippen molar-refractivity contribution in [3.8, 4) is 11.8 Å². The molecule has 1 fully saturated rings. The molecule has 184 valence electrons. The Morgan fingerprint density at radius 1 is 1.00 bits per heavy atom. The standard InChI is InChI=1S/C27H34N6O2/c1-17-13-19-7-8-21(18(2)20(19)14-17)34-26-29-23(28-24-15-22(35-31-24)27(3,4)5)16-25(30-26)33-11-9-32(6)10-12-33/h7-8,14-16H,9-13H2,1-6H3,(H,28,29,30,31). The van der Waals surface area contributed by atoms with Gasteiger partial charge in [0, 0.05) is 43.7 Å². The Morgan fingerprint density at radius 2 is 1.77 bits per heavy atom. The van der Waals surface area contributed by atoms with Crippen LogP contribution in [0.1, 0.15) is 50.1 Å². The minimum Gasteiger partial charge on any atom is -0.424 e. The van der Waals surface area contributed by atoms with Gasteiger partial charge < -0.3 is 24.4 Å². The first-order chi connectivity index (χ1) is 16.7. The summed E-state index contributed by atoms with van der Waals surface area (Å²) in [6.45, 7) is 14.3. The van der Waals surface area contributed by atoms with Gasteiger partial charge in [-0.25, -0.2) is 0 Å². The summed E-state index contributed by atoms with van der Waals surface area (Å²) in [7, 11) is 2.14. The Morgan fingerprint density at radius 3 is 2.49 bits per heavy atom. The van der Waals surface area contributed by atoms with Gasteiger partial charge in [0.2, 0.25) is 0 Å². The Balaban J connectivity index is 1.47. The van der Waals surface area contributed by atoms with Crippen molar-refractivity contribution in [2.24, 2.45) is 0 Å². The number of aromatic nitrogens is 3. The lowest BCUT2D eigenvalue weighted by atomic mass is 9.93. The summed E-state index contributed by atoms with van der Waals surface area (Å²) < 4.78 is 11.8. The van der Waals surface area contributed by atoms with Crippen LogP contribution in [0.2, 0.25) is 0 Å². The van der Waals surface area contributed by atoms with Crippen LogP contribution in [0.3, 0.4) is 0 Å². The van der Waals surface area contributed by atoms with Crippen molar-refractivity contribution in [1.29, 1.82) is 0 Å². The summed E-state index contributed by atoms with van der Waals surface area (Å²) in [6, 6.07) is 8.33. The number of benzene rings is 1. The van der Waals surface area contributed by atoms with Crippen molar-refractivity contribution in [1.82, 2.24) is 20.0 Å². The average Bonchev–Trinajstić information content (AvgIpc) is 3.43. The van der Waals surface area contributed by atoms with Crippen molar-refractivity contribution >= 4 is 23.5 Å². The average molecular weight is 475 g/mol. The van der Waals surface area contributed by atoms with Gasteiger partial charge in [-0.05, 0) is 50.1 Å². The molecule has 3 heterocycles. The first kappa shape index (κ1) is 23.4. The van der Waals surface area contributed by atoms with E-state index in [2.05, 4.69) is 79.1 Å². The molecule has 8 heteroatoms. The molecule has 1 aromatic carbocycles. The molecule has 3 aromatic rings. The van der Waals surface area contributed by atoms with Crippen LogP contribution in [-0.2, 0) is 11.8 Å². The summed E-state index contributed by atoms with van der Waals surface area (Å²) in [6.07, 6.45) is 3.23. The Bertz CT molecular complexity index is 1270. The monoisotopic (exact) mass is 474 g/mol. The predicted octanol–water partition coefficient (Wildman–Crippen LogP) is 5.32. The van der Waals surface area contributed by atoms with E-state index in [-0.39, 0.29) is 5.41 Å². The molecule has 1 saturated heterocycles. The summed E-state index contributed by atoms with van der Waals surface area (Å²) in [5.74, 6) is 3.64. The predicted molar refractivity (Wildman–Crippen MR) is 139 cm³/mol. The molecule has 2 aliphatic rings. The van der Waals surface area contributed by atoms with E-state index in [1.165, 1.54) is 16.7 Å². The number of fused-ring (bicyclic) bond motifs is 1. The van der Waals surface area contributed by atoms with Crippen LogP contribution in [0, 0.1) is 6.92 Å². The van der Waals surface area contributed by atoms with Crippen LogP contribution in [-0.4, -0.2) is 53.3 Å². The normalized spacial score (nSPS) is 16.3. The molecule has 1 aliphatic carbocycles. The van der Waals surface area contributed by atoms with E-state index >= 15 is 0 Å². The highest BCUT2D eigenvalue weighted by Crippen LogP contribution is 2.35. The van der Waals surface area contributed by atoms with Crippen LogP contribution in [0.15, 0.2) is 34.4 Å². The third kappa shape index (κ3) is 5.03. The first-order valence-corrected chi connectivity index (χ1v) is 12.2. The van der Waals surface area contributed by atoms with E-state index in [1.807, 2.05) is 18.2 Å². The molecule has 0 bridgehead atoms. The number of ether oxygens (including phenoxy) is 1. The topological polar surface area (TPSA) is 79.5 Å². The molecule has 0 unspecified atom stereocenters. The lowest BCUT2D eigenvalue weighted by Gasteiger charge is -2.33. The molecular weight excluding hydrogens is 440 g/mol. The van der Waals surface area contributed by atoms with Crippen molar-refractivity contribution in [3.05, 3.63) is 52.3 Å². The number of nitrogens with zero attached hydrogens (tertiary/aromatic N) is 5. The highest BCUT2D eigenvalue weighted by atomic mass is 16.5. The number of likely N-dealkylation sites (N-methyl/N-ethyl adjacent to an activating group) is 1. The lowest BCUT2D eigenvalue weighted by molar-refractivity contribution is 0.311. The molecule has 0 atom stereocenters. The van der Waals surface area contributed by atoms with E-state index in [0.29, 0.717) is 17.6 Å². The fourth-order valence-electron chi connectivity index (χ4n) is 4.47. The number of nitrogens with one attached hydrogen (secondary N) is 1. The van der Waals surface area contributed by atoms with Crippen LogP contribution in [0.25, 0.3) is 6.08 Å². The highest BCUT2D eigenvalue weighted by molar-refractivity contribution is 5.69. The Hall–Kier alpha value is -3.39. The first-order valence-electron chi connectivity index (χ1n) is 12.2. The van der Waals surface area contributed by atoms with Gasteiger partial charge in [-0.1, -0.05) is 43.6 Å². The molecule has 1 aliphatic heterocycles. The number of allylic oxidation sites excluding steroid dienone is 1. The zero-order chi connectivity index (χ0) is 24.7. The smallest absolute Gasteiger partial charge is 0.325 e. The second-order valence-electron chi connectivity index (χ2n) is 10.7. The molecule has 2 aromatic heterocycles. The van der Waals surface area contributed by atoms with Crippen molar-refractivity contribution in [2.45, 2.75) is 46.5 Å². The molecule has 5 rings (SSSR count). The van der Waals surface area contributed by atoms with E-state index in [0.717, 1.165) is 55.5 Å². The van der Waals surface area contributed by atoms with Crippen molar-refractivity contribution < 1.29 is 9.26 Å². The zero-order valence-corrected chi connectivity index (χ0v) is 21.5. The van der Waals surface area contributed by atoms with Gasteiger partial charge in [0.25, 0.3) is 0 Å². The lowest BCUT2D eigenvalue weighted by Crippen LogP contribution is -2.44. The number of rotatable bonds is 5. The summed E-state index contributed by atoms with van der Waals surface area (Å²) in [5.41, 5.74) is 4.92. The minimum absolute atomic E-state index is 0.129. The molecule has 1 N–H and O–H groups in total. The molecule has 8 nitrogen and oxygen atoms in total. The van der Waals surface area contributed by atoms with Crippen LogP contribution < -0.4 is 15.0 Å². The summed E-state index contributed by atoms with van der Waals surface area (Å²) in [4.78, 5) is 14.1. The number of piperazine rings is 1. The Kier molecular flexibility index (Phi) is 6.01. The zero-order valence-electron chi connectivity index (χ0n) is 21.5. The SMILES string of the molecule is CC1=Cc2c(ccc(Oc3nc(Nc4cc(C(C)(C)C)on4)cc(N4CCN(C)CC4)n3)c2C)C1. The van der Waals surface area contributed by atoms with Crippen LogP contribution in [0.5, 0.6) is 11.8 Å². The fourth-order valence-corrected chi connectivity index (χ4v) is 4.47. The van der Waals surface area contributed by atoms with Gasteiger partial charge >= 0.3 is 6.01 Å². The molecule has 35 heavy (non-hydrogen) atoms. The maximum atomic E-state index is 6.29. The second-order valence-corrected chi connectivity index (χ2v) is 10.7. The van der Waals surface area contributed by atoms with Crippen molar-refractivity contribution in [2.75, 3.05) is 43.4 Å². The second kappa shape index (κ2) is 9.00. The third-order valence-corrected chi connectivity index (χ3v) is 6.64. The summed E-state index contributed by atoms with van der Waals surface area (Å²) >= 11 is 0. The maximum Gasteiger partial charge on any atom is 0.325 e. The fraction of sp³-hybridized carbons (Fsp3) is 0.444. The molecular formula is C27H34N6O2. The van der Waals surface area contributed by atoms with Gasteiger partial charge in [0.15, 0.2) is 5.82 Å². The molecule has 0 amide bonds. The van der Waals surface area contributed by atoms with E-state index in [4.69, 9.17) is 14.2 Å². The molecule has 0 saturated carbocycles. The number of anilines is 3. The Labute approximate surface area is 207 Å². The molecule has 0 spiro atoms. The van der Waals surface area contributed by atoms with Crippen molar-refractivity contribution in [3.63, 3.8) is 0 Å². The van der Waals surface area contributed by atoms with Gasteiger partial charge in [0.1, 0.15) is 23.1 Å². The highest BCUT2D eigenvalue weighted by Gasteiger charge is 2.22. The van der Waals surface area contributed by atoms with E-state index < -0.39 is 0 Å². The van der Waals surface area contributed by atoms with Gasteiger partial charge in [-0.2, -0.15) is 9.97 Å². The van der Waals surface area contributed by atoms with E-state index in [9.17, 15) is 0 Å². The summed E-state index contributed by atoms with van der Waals surface area (Å²) in [5, 5.41) is 7.48. The number of hydrogen-bond acceptors (Lipinski definition) is 8. The maximum absolute atomic E-state index is 6.29. The van der Waals surface area contributed by atoms with Gasteiger partial charge in [0.05, 0.1) is 0 Å². The van der Waals surface area contributed by atoms with Crippen LogP contribution >= 0.6 is 0 Å². The number of hydrogen-bond donors (Lipinski definition) is 1. The third-order valence-electron chi connectivity index (χ3n) is 6.64.